The molecule has 78 heavy (non-hydrogen) atoms. The molecule has 0 atom stereocenters. The van der Waals surface area contributed by atoms with Crippen LogP contribution in [0.2, 0.25) is 0 Å². The van der Waals surface area contributed by atoms with Gasteiger partial charge in [-0.25, -0.2) is 0 Å². The highest BCUT2D eigenvalue weighted by molar-refractivity contribution is 6.32. The van der Waals surface area contributed by atoms with E-state index in [1.54, 1.807) is 58.3 Å². The van der Waals surface area contributed by atoms with E-state index in [0.29, 0.717) is 33.5 Å². The minimum absolute atomic E-state index is 0.124. The Bertz CT molecular complexity index is 5490. The summed E-state index contributed by atoms with van der Waals surface area (Å²) in [5.41, 5.74) is 6.51. The van der Waals surface area contributed by atoms with Crippen molar-refractivity contribution in [2.45, 2.75) is 52.4 Å². The van der Waals surface area contributed by atoms with Crippen molar-refractivity contribution in [3.63, 3.8) is 0 Å². The molecule has 0 N–H and O–H groups in total. The molecule has 4 aromatic heterocycles. The number of benzene rings is 11. The topological polar surface area (TPSA) is 15.3 Å². The first kappa shape index (κ1) is 31.0. The number of hydrogen-bond donors (Lipinski definition) is 0. The van der Waals surface area contributed by atoms with Gasteiger partial charge < -0.3 is 18.6 Å². The lowest BCUT2D eigenvalue weighted by Gasteiger charge is -2.29. The fourth-order valence-corrected chi connectivity index (χ4v) is 11.9. The highest BCUT2D eigenvalue weighted by atomic mass is 15.2. The lowest BCUT2D eigenvalue weighted by molar-refractivity contribution is 0.591. The standard InChI is InChI=1S/C74H58N4/c1-73(2,3)49-35-39-63-59(43-49)69-65(75(51-27-15-9-16-28-51)61-33-21-19-31-53(61)47-23-11-7-12-24-47)41-37-55-57-46-68-58(45-67(57)77(63)71(55)69)56-38-42-66(70-60-44-50(74(4,5)6)36-40-64(60)78(68)72(56)70)76(52-29-17-10-18-30-52)62-34-22-20-32-54(62)48-25-13-8-14-26-48/h7-46H,1-6H3/i7D,8D,11D,12D,13D,14D,19D,20D,21D,22D,23D,24D,25D,26D,31D,32D,33D,34D. The zero-order chi connectivity index (χ0) is 68.3. The average molecular weight is 1020 g/mol. The van der Waals surface area contributed by atoms with E-state index < -0.39 is 109 Å². The van der Waals surface area contributed by atoms with Crippen molar-refractivity contribution in [3.8, 4) is 22.3 Å². The summed E-state index contributed by atoms with van der Waals surface area (Å²) < 4.78 is 169. The van der Waals surface area contributed by atoms with E-state index in [1.807, 2.05) is 36.4 Å². The molecule has 4 heteroatoms. The Morgan fingerprint density at radius 3 is 1.12 bits per heavy atom. The number of hydrogen-bond acceptors (Lipinski definition) is 2. The number of rotatable bonds is 8. The summed E-state index contributed by atoms with van der Waals surface area (Å²) in [7, 11) is 0. The Morgan fingerprint density at radius 1 is 0.333 bits per heavy atom. The molecule has 11 aromatic carbocycles. The summed E-state index contributed by atoms with van der Waals surface area (Å²) in [5.74, 6) is 0. The Hall–Kier alpha value is -9.38. The third-order valence-electron chi connectivity index (χ3n) is 15.5. The molecule has 4 nitrogen and oxygen atoms in total. The van der Waals surface area contributed by atoms with Crippen LogP contribution in [0, 0.1) is 0 Å². The molecule has 0 saturated carbocycles. The smallest absolute Gasteiger partial charge is 0.0645 e. The van der Waals surface area contributed by atoms with Gasteiger partial charge in [0, 0.05) is 65.6 Å². The SMILES string of the molecule is [2H]c1c([2H])c([2H])c(-c2c([2H])c([2H])c([2H])c([2H])c2N(c2ccccc2)c2ccc3c4cc5c(cc4n4c6ccc(C(C)(C)C)cc6c2c34)c2ccc(N(c3ccccc3)c3c([2H])c([2H])c([2H])c([2H])c3-c3c([2H])c([2H])c([2H])c([2H])c3[2H])c3c4cc(C(C)(C)C)ccc4n5c23)c([2H])c1[2H]. The lowest BCUT2D eigenvalue weighted by atomic mass is 9.86. The van der Waals surface area contributed by atoms with Gasteiger partial charge in [-0.3, -0.25) is 0 Å². The largest absolute Gasteiger partial charge is 0.309 e. The molecule has 0 radical (unpaired) electrons. The summed E-state index contributed by atoms with van der Waals surface area (Å²) in [5, 5.41) is 6.44. The molecule has 0 spiro atoms. The van der Waals surface area contributed by atoms with Gasteiger partial charge in [-0.15, -0.1) is 0 Å². The third kappa shape index (κ3) is 6.85. The van der Waals surface area contributed by atoms with Crippen molar-refractivity contribution in [1.82, 2.24) is 8.80 Å². The zero-order valence-corrected chi connectivity index (χ0v) is 43.5. The van der Waals surface area contributed by atoms with E-state index in [1.165, 1.54) is 0 Å². The van der Waals surface area contributed by atoms with Gasteiger partial charge in [-0.2, -0.15) is 0 Å². The molecule has 15 rings (SSSR count). The van der Waals surface area contributed by atoms with Crippen molar-refractivity contribution in [1.29, 1.82) is 0 Å². The van der Waals surface area contributed by atoms with Gasteiger partial charge in [0.25, 0.3) is 0 Å². The molecular weight excluding hydrogens is 945 g/mol. The Kier molecular flexibility index (Phi) is 6.78. The van der Waals surface area contributed by atoms with Crippen molar-refractivity contribution < 1.29 is 24.7 Å². The Labute approximate surface area is 480 Å². The molecule has 0 fully saturated rings. The lowest BCUT2D eigenvalue weighted by Crippen LogP contribution is -2.12. The highest BCUT2D eigenvalue weighted by Gasteiger charge is 2.30. The molecule has 374 valence electrons. The summed E-state index contributed by atoms with van der Waals surface area (Å²) in [6.07, 6.45) is 0. The van der Waals surface area contributed by atoms with Crippen LogP contribution in [0.25, 0.3) is 98.4 Å². The Balaban J connectivity index is 1.08. The zero-order valence-electron chi connectivity index (χ0n) is 61.5. The first-order valence-corrected chi connectivity index (χ1v) is 26.0. The first-order chi connectivity index (χ1) is 45.5. The van der Waals surface area contributed by atoms with E-state index >= 15 is 0 Å². The minimum atomic E-state index is -0.661. The van der Waals surface area contributed by atoms with Crippen molar-refractivity contribution >= 4 is 110 Å². The van der Waals surface area contributed by atoms with Gasteiger partial charge in [0.15, 0.2) is 0 Å². The van der Waals surface area contributed by atoms with Crippen LogP contribution >= 0.6 is 0 Å². The Morgan fingerprint density at radius 2 is 0.718 bits per heavy atom. The van der Waals surface area contributed by atoms with Crippen LogP contribution < -0.4 is 9.80 Å². The van der Waals surface area contributed by atoms with Crippen LogP contribution in [0.4, 0.5) is 34.1 Å². The summed E-state index contributed by atoms with van der Waals surface area (Å²) in [6, 6.07) is 31.9. The quantitative estimate of drug-likeness (QED) is 0.151. The number of nitrogens with zero attached hydrogens (tertiary/aromatic N) is 4. The second-order valence-electron chi connectivity index (χ2n) is 22.0. The molecule has 0 bridgehead atoms. The van der Waals surface area contributed by atoms with Crippen LogP contribution in [0.1, 0.15) is 77.3 Å². The maximum Gasteiger partial charge on any atom is 0.0645 e. The van der Waals surface area contributed by atoms with Gasteiger partial charge in [0.2, 0.25) is 0 Å². The highest BCUT2D eigenvalue weighted by Crippen LogP contribution is 2.53. The molecule has 0 aliphatic carbocycles. The van der Waals surface area contributed by atoms with E-state index in [9.17, 15) is 13.7 Å². The molecule has 0 aliphatic rings. The number of aromatic nitrogens is 2. The molecule has 0 saturated heterocycles. The fourth-order valence-electron chi connectivity index (χ4n) is 11.9. The van der Waals surface area contributed by atoms with Gasteiger partial charge in [-0.05, 0) is 118 Å². The fraction of sp³-hybridized carbons (Fsp3) is 0.108. The predicted molar refractivity (Wildman–Crippen MR) is 333 cm³/mol. The van der Waals surface area contributed by atoms with Gasteiger partial charge in [0.05, 0.1) is 80.5 Å². The monoisotopic (exact) mass is 1020 g/mol. The molecule has 4 heterocycles. The van der Waals surface area contributed by atoms with Crippen LogP contribution in [-0.2, 0) is 10.8 Å². The van der Waals surface area contributed by atoms with E-state index in [2.05, 4.69) is 98.9 Å². The van der Waals surface area contributed by atoms with E-state index in [-0.39, 0.29) is 44.5 Å². The van der Waals surface area contributed by atoms with Gasteiger partial charge >= 0.3 is 0 Å². The second kappa shape index (κ2) is 17.1. The molecule has 0 aliphatic heterocycles. The van der Waals surface area contributed by atoms with Gasteiger partial charge in [-0.1, -0.05) is 199 Å². The summed E-state index contributed by atoms with van der Waals surface area (Å²) in [6.45, 7) is 12.7. The van der Waals surface area contributed by atoms with Crippen LogP contribution in [0.15, 0.2) is 242 Å². The summed E-state index contributed by atoms with van der Waals surface area (Å²) >= 11 is 0. The maximum absolute atomic E-state index is 9.84. The minimum Gasteiger partial charge on any atom is -0.309 e. The van der Waals surface area contributed by atoms with Crippen molar-refractivity contribution in [2.24, 2.45) is 0 Å². The second-order valence-corrected chi connectivity index (χ2v) is 22.0. The summed E-state index contributed by atoms with van der Waals surface area (Å²) in [4.78, 5) is 3.44. The molecular formula is C74H58N4. The average Bonchev–Trinajstić information content (AvgIpc) is 1.51. The van der Waals surface area contributed by atoms with Crippen molar-refractivity contribution in [3.05, 3.63) is 253 Å². The number of para-hydroxylation sites is 4. The molecule has 15 aromatic rings. The number of anilines is 6. The number of fused-ring (bicyclic) bond motifs is 12. The van der Waals surface area contributed by atoms with Crippen LogP contribution in [-0.4, -0.2) is 8.80 Å². The third-order valence-corrected chi connectivity index (χ3v) is 15.5. The normalized spacial score (nSPS) is 15.7. The van der Waals surface area contributed by atoms with E-state index in [4.69, 9.17) is 11.0 Å². The molecule has 0 amide bonds. The van der Waals surface area contributed by atoms with E-state index in [0.717, 1.165) is 76.5 Å². The van der Waals surface area contributed by atoms with Gasteiger partial charge in [0.1, 0.15) is 0 Å². The van der Waals surface area contributed by atoms with Crippen molar-refractivity contribution in [2.75, 3.05) is 9.80 Å². The molecule has 0 unspecified atom stereocenters. The maximum atomic E-state index is 9.84. The predicted octanol–water partition coefficient (Wildman–Crippen LogP) is 20.9. The van der Waals surface area contributed by atoms with Crippen LogP contribution in [0.5, 0.6) is 0 Å². The van der Waals surface area contributed by atoms with Crippen LogP contribution in [0.3, 0.4) is 0 Å². The first-order valence-electron chi connectivity index (χ1n) is 35.0.